The second-order valence-electron chi connectivity index (χ2n) is 7.52. The van der Waals surface area contributed by atoms with E-state index in [2.05, 4.69) is 17.9 Å². The Kier molecular flexibility index (Phi) is 10.00. The Hall–Kier alpha value is -1.73. The van der Waals surface area contributed by atoms with Gasteiger partial charge in [0, 0.05) is 36.5 Å². The summed E-state index contributed by atoms with van der Waals surface area (Å²) in [7, 11) is -2.46. The Bertz CT molecular complexity index is 785. The van der Waals surface area contributed by atoms with Gasteiger partial charge >= 0.3 is 0 Å². The number of nitrogens with one attached hydrogen (secondary N) is 1. The molecule has 1 N–H and O–H groups in total. The van der Waals surface area contributed by atoms with Crippen LogP contribution >= 0.6 is 11.6 Å². The minimum Gasteiger partial charge on any atom is -0.499 e. The Morgan fingerprint density at radius 1 is 1.38 bits per heavy atom. The van der Waals surface area contributed by atoms with Crippen LogP contribution in [0.2, 0.25) is 0 Å². The summed E-state index contributed by atoms with van der Waals surface area (Å²) in [5, 5.41) is -1.26. The third kappa shape index (κ3) is 7.55. The number of nitrogens with zero attached hydrogens (tertiary/aromatic N) is 1. The number of rotatable bonds is 12. The number of hydrogen-bond acceptors (Lipinski definition) is 4. The van der Waals surface area contributed by atoms with Gasteiger partial charge in [-0.2, -0.15) is 0 Å². The van der Waals surface area contributed by atoms with Crippen LogP contribution in [0, 0.1) is 5.92 Å². The zero-order chi connectivity index (χ0) is 22.2. The van der Waals surface area contributed by atoms with Crippen molar-refractivity contribution >= 4 is 27.5 Å². The van der Waals surface area contributed by atoms with E-state index in [0.29, 0.717) is 36.9 Å². The molecule has 0 radical (unpaired) electrons. The molecule has 1 aliphatic carbocycles. The topological polar surface area (TPSA) is 75.7 Å². The van der Waals surface area contributed by atoms with Gasteiger partial charge in [-0.3, -0.25) is 9.52 Å². The third-order valence-corrected chi connectivity index (χ3v) is 6.54. The Morgan fingerprint density at radius 3 is 2.55 bits per heavy atom. The highest BCUT2D eigenvalue weighted by Gasteiger charge is 2.32. The van der Waals surface area contributed by atoms with Crippen molar-refractivity contribution in [2.45, 2.75) is 51.7 Å². The maximum atomic E-state index is 13.0. The van der Waals surface area contributed by atoms with Gasteiger partial charge in [0.2, 0.25) is 15.9 Å². The zero-order valence-electron chi connectivity index (χ0n) is 17.8. The summed E-state index contributed by atoms with van der Waals surface area (Å²) >= 11 is 6.05. The van der Waals surface area contributed by atoms with Crippen molar-refractivity contribution < 1.29 is 17.9 Å². The number of methoxy groups -OCH3 is 1. The number of halogens is 1. The number of carbonyl (C=O) groups excluding carboxylic acids is 1. The molecule has 164 valence electrons. The van der Waals surface area contributed by atoms with Gasteiger partial charge in [-0.05, 0) is 24.8 Å². The van der Waals surface area contributed by atoms with Crippen molar-refractivity contribution in [3.05, 3.63) is 47.4 Å². The molecule has 1 rings (SSSR count). The molecule has 1 aliphatic rings. The molecular formula is C21H33ClN2O4S. The fraction of sp³-hybridized carbons (Fsp3) is 0.571. The lowest BCUT2D eigenvalue weighted by Crippen LogP contribution is -2.39. The van der Waals surface area contributed by atoms with Gasteiger partial charge in [0.05, 0.1) is 12.8 Å². The summed E-state index contributed by atoms with van der Waals surface area (Å²) in [6.07, 6.45) is 5.57. The van der Waals surface area contributed by atoms with Gasteiger partial charge < -0.3 is 9.64 Å². The largest absolute Gasteiger partial charge is 0.499 e. The van der Waals surface area contributed by atoms with Crippen LogP contribution in [-0.4, -0.2) is 44.7 Å². The summed E-state index contributed by atoms with van der Waals surface area (Å²) in [5.74, 6) is 0.587. The monoisotopic (exact) mass is 444 g/mol. The first-order valence-corrected chi connectivity index (χ1v) is 11.7. The highest BCUT2D eigenvalue weighted by Crippen LogP contribution is 2.25. The minimum atomic E-state index is -3.96. The highest BCUT2D eigenvalue weighted by atomic mass is 35.5. The Balaban J connectivity index is 3.03. The fourth-order valence-corrected chi connectivity index (χ4v) is 4.90. The molecule has 0 aromatic carbocycles. The van der Waals surface area contributed by atoms with Crippen molar-refractivity contribution in [3.8, 4) is 0 Å². The third-order valence-electron chi connectivity index (χ3n) is 4.45. The first-order chi connectivity index (χ1) is 13.5. The predicted molar refractivity (Wildman–Crippen MR) is 119 cm³/mol. The maximum Gasteiger partial charge on any atom is 0.249 e. The molecule has 0 bridgehead atoms. The van der Waals surface area contributed by atoms with Crippen molar-refractivity contribution in [3.63, 3.8) is 0 Å². The SMILES string of the molecule is C=C(CC(C(=C)Cl)S(=O)(=O)NC1=C(OC)CCC=C1)C(=O)N(CCC)CC(C)C. The average molecular weight is 445 g/mol. The van der Waals surface area contributed by atoms with Gasteiger partial charge in [-0.1, -0.05) is 51.6 Å². The summed E-state index contributed by atoms with van der Waals surface area (Å²) in [4.78, 5) is 14.5. The molecule has 1 unspecified atom stereocenters. The molecule has 0 fully saturated rings. The number of allylic oxidation sites excluding steroid dienone is 3. The zero-order valence-corrected chi connectivity index (χ0v) is 19.4. The first-order valence-electron chi connectivity index (χ1n) is 9.80. The van der Waals surface area contributed by atoms with Crippen molar-refractivity contribution in [2.24, 2.45) is 5.92 Å². The number of hydrogen-bond donors (Lipinski definition) is 1. The van der Waals surface area contributed by atoms with Crippen LogP contribution in [0.25, 0.3) is 0 Å². The van der Waals surface area contributed by atoms with Crippen LogP contribution in [0.5, 0.6) is 0 Å². The van der Waals surface area contributed by atoms with E-state index >= 15 is 0 Å². The van der Waals surface area contributed by atoms with E-state index in [1.165, 1.54) is 7.11 Å². The van der Waals surface area contributed by atoms with Crippen LogP contribution < -0.4 is 4.72 Å². The van der Waals surface area contributed by atoms with Crippen LogP contribution in [0.15, 0.2) is 47.4 Å². The fourth-order valence-electron chi connectivity index (χ4n) is 3.08. The standard InChI is InChI=1S/C21H33ClN2O4S/c1-7-12-24(14-15(2)3)21(25)16(4)13-20(17(5)22)29(26,27)23-18-10-8-9-11-19(18)28-6/h8,10,15,20,23H,4-5,7,9,11-14H2,1-3,6H3. The molecule has 0 spiro atoms. The summed E-state index contributed by atoms with van der Waals surface area (Å²) in [6.45, 7) is 14.7. The summed E-state index contributed by atoms with van der Waals surface area (Å²) < 4.78 is 33.8. The van der Waals surface area contributed by atoms with E-state index in [9.17, 15) is 13.2 Å². The normalized spacial score (nSPS) is 15.2. The maximum absolute atomic E-state index is 13.0. The van der Waals surface area contributed by atoms with Gasteiger partial charge in [0.1, 0.15) is 11.0 Å². The van der Waals surface area contributed by atoms with E-state index in [4.69, 9.17) is 16.3 Å². The van der Waals surface area contributed by atoms with E-state index in [1.54, 1.807) is 11.0 Å². The van der Waals surface area contributed by atoms with Crippen LogP contribution in [0.4, 0.5) is 0 Å². The number of sulfonamides is 1. The molecule has 6 nitrogen and oxygen atoms in total. The molecule has 8 heteroatoms. The molecular weight excluding hydrogens is 412 g/mol. The molecule has 0 aromatic heterocycles. The second-order valence-corrected chi connectivity index (χ2v) is 9.87. The Labute approximate surface area is 180 Å². The second kappa shape index (κ2) is 11.5. The first kappa shape index (κ1) is 25.3. The molecule has 0 saturated carbocycles. The summed E-state index contributed by atoms with van der Waals surface area (Å²) in [6, 6.07) is 0. The van der Waals surface area contributed by atoms with E-state index < -0.39 is 15.3 Å². The van der Waals surface area contributed by atoms with Crippen molar-refractivity contribution in [1.82, 2.24) is 9.62 Å². The van der Waals surface area contributed by atoms with Gasteiger partial charge in [-0.25, -0.2) is 8.42 Å². The lowest BCUT2D eigenvalue weighted by molar-refractivity contribution is -0.127. The van der Waals surface area contributed by atoms with E-state index in [0.717, 1.165) is 12.8 Å². The van der Waals surface area contributed by atoms with Gasteiger partial charge in [0.15, 0.2) is 0 Å². The molecule has 0 heterocycles. The summed E-state index contributed by atoms with van der Waals surface area (Å²) in [5.41, 5.74) is 0.558. The molecule has 0 aliphatic heterocycles. The Morgan fingerprint density at radius 2 is 2.03 bits per heavy atom. The van der Waals surface area contributed by atoms with Crippen LogP contribution in [0.3, 0.4) is 0 Å². The van der Waals surface area contributed by atoms with E-state index in [-0.39, 0.29) is 22.9 Å². The number of ether oxygens (including phenoxy) is 1. The quantitative estimate of drug-likeness (QED) is 0.460. The molecule has 1 atom stereocenters. The molecule has 0 aromatic rings. The minimum absolute atomic E-state index is 0.0725. The highest BCUT2D eigenvalue weighted by molar-refractivity contribution is 7.90. The molecule has 1 amide bonds. The van der Waals surface area contributed by atoms with Crippen molar-refractivity contribution in [2.75, 3.05) is 20.2 Å². The lowest BCUT2D eigenvalue weighted by Gasteiger charge is -2.27. The number of carbonyl (C=O) groups is 1. The van der Waals surface area contributed by atoms with Crippen LogP contribution in [0.1, 0.15) is 46.5 Å². The van der Waals surface area contributed by atoms with Gasteiger partial charge in [-0.15, -0.1) is 0 Å². The van der Waals surface area contributed by atoms with E-state index in [1.807, 2.05) is 26.8 Å². The number of amides is 1. The molecule has 0 saturated heterocycles. The van der Waals surface area contributed by atoms with Crippen LogP contribution in [-0.2, 0) is 19.6 Å². The molecule has 29 heavy (non-hydrogen) atoms. The lowest BCUT2D eigenvalue weighted by atomic mass is 10.1. The average Bonchev–Trinajstić information content (AvgIpc) is 2.64. The predicted octanol–water partition coefficient (Wildman–Crippen LogP) is 4.08. The van der Waals surface area contributed by atoms with Gasteiger partial charge in [0.25, 0.3) is 0 Å². The smallest absolute Gasteiger partial charge is 0.249 e. The van der Waals surface area contributed by atoms with Crippen molar-refractivity contribution in [1.29, 1.82) is 0 Å².